The van der Waals surface area contributed by atoms with Crippen molar-refractivity contribution >= 4 is 12.2 Å². The van der Waals surface area contributed by atoms with Crippen molar-refractivity contribution < 1.29 is 14.4 Å². The summed E-state index contributed by atoms with van der Waals surface area (Å²) >= 11 is 0. The number of hydrogen-bond acceptors (Lipinski definition) is 4. The topological polar surface area (TPSA) is 47.9 Å². The van der Waals surface area contributed by atoms with Crippen molar-refractivity contribution in [1.82, 2.24) is 0 Å². The molecule has 1 rings (SSSR count). The van der Waals surface area contributed by atoms with Gasteiger partial charge in [0, 0.05) is 0 Å². The Bertz CT molecular complexity index is 384. The van der Waals surface area contributed by atoms with Crippen LogP contribution < -0.4 is 0 Å². The summed E-state index contributed by atoms with van der Waals surface area (Å²) in [5.41, 5.74) is 2.05. The van der Waals surface area contributed by atoms with Crippen LogP contribution in [0.15, 0.2) is 29.4 Å². The molecular weight excluding hydrogens is 218 g/mol. The third-order valence-corrected chi connectivity index (χ3v) is 2.43. The van der Waals surface area contributed by atoms with E-state index in [9.17, 15) is 4.79 Å². The summed E-state index contributed by atoms with van der Waals surface area (Å²) < 4.78 is 4.68. The molecule has 0 saturated carbocycles. The zero-order valence-corrected chi connectivity index (χ0v) is 10.3. The first kappa shape index (κ1) is 13.2. The molecule has 4 nitrogen and oxygen atoms in total. The number of carbonyl (C=O) groups is 1. The number of rotatable bonds is 5. The normalized spacial score (nSPS) is 12.4. The quantitative estimate of drug-likeness (QED) is 0.445. The maximum Gasteiger partial charge on any atom is 0.308 e. The predicted octanol–water partition coefficient (Wildman–Crippen LogP) is 2.02. The number of ether oxygens (including phenoxy) is 1. The Morgan fingerprint density at radius 2 is 2.00 bits per heavy atom. The fourth-order valence-electron chi connectivity index (χ4n) is 1.49. The van der Waals surface area contributed by atoms with Gasteiger partial charge in [-0.2, -0.15) is 0 Å². The Morgan fingerprint density at radius 1 is 1.35 bits per heavy atom. The first-order valence-corrected chi connectivity index (χ1v) is 5.40. The van der Waals surface area contributed by atoms with Gasteiger partial charge in [-0.05, 0) is 17.5 Å². The van der Waals surface area contributed by atoms with E-state index in [1.165, 1.54) is 14.2 Å². The van der Waals surface area contributed by atoms with Crippen LogP contribution in [-0.2, 0) is 20.8 Å². The van der Waals surface area contributed by atoms with Gasteiger partial charge < -0.3 is 9.57 Å². The molecule has 0 bridgehead atoms. The molecule has 0 aliphatic rings. The largest absolute Gasteiger partial charge is 0.469 e. The molecule has 0 amide bonds. The minimum atomic E-state index is -0.185. The lowest BCUT2D eigenvalue weighted by molar-refractivity contribution is -0.144. The molecule has 17 heavy (non-hydrogen) atoms. The number of esters is 1. The second-order valence-corrected chi connectivity index (χ2v) is 3.79. The van der Waals surface area contributed by atoms with E-state index in [4.69, 9.17) is 0 Å². The fourth-order valence-corrected chi connectivity index (χ4v) is 1.49. The van der Waals surface area contributed by atoms with Crippen molar-refractivity contribution in [3.05, 3.63) is 35.4 Å². The lowest BCUT2D eigenvalue weighted by Gasteiger charge is -2.08. The third kappa shape index (κ3) is 4.26. The van der Waals surface area contributed by atoms with Crippen molar-refractivity contribution in [3.8, 4) is 0 Å². The first-order valence-electron chi connectivity index (χ1n) is 5.40. The molecule has 0 aliphatic carbocycles. The van der Waals surface area contributed by atoms with Gasteiger partial charge in [0.25, 0.3) is 0 Å². The van der Waals surface area contributed by atoms with Crippen molar-refractivity contribution in [1.29, 1.82) is 0 Å². The van der Waals surface area contributed by atoms with Crippen molar-refractivity contribution in [3.63, 3.8) is 0 Å². The zero-order chi connectivity index (χ0) is 12.7. The summed E-state index contributed by atoms with van der Waals surface area (Å²) in [6.45, 7) is 1.85. The van der Waals surface area contributed by atoms with Crippen LogP contribution in [0.25, 0.3) is 0 Å². The summed E-state index contributed by atoms with van der Waals surface area (Å²) in [6, 6.07) is 7.80. The van der Waals surface area contributed by atoms with Crippen molar-refractivity contribution in [2.45, 2.75) is 13.3 Å². The van der Waals surface area contributed by atoms with E-state index in [1.54, 1.807) is 6.21 Å². The number of methoxy groups -OCH3 is 1. The van der Waals surface area contributed by atoms with Gasteiger partial charge in [0.15, 0.2) is 0 Å². The number of carbonyl (C=O) groups excluding carboxylic acids is 1. The highest BCUT2D eigenvalue weighted by molar-refractivity contribution is 5.79. The average Bonchev–Trinajstić information content (AvgIpc) is 2.37. The lowest BCUT2D eigenvalue weighted by atomic mass is 10.0. The zero-order valence-electron chi connectivity index (χ0n) is 10.3. The lowest BCUT2D eigenvalue weighted by Crippen LogP contribution is -2.15. The molecule has 0 heterocycles. The molecule has 0 spiro atoms. The Morgan fingerprint density at radius 3 is 2.53 bits per heavy atom. The third-order valence-electron chi connectivity index (χ3n) is 2.43. The van der Waals surface area contributed by atoms with Crippen LogP contribution in [0.3, 0.4) is 0 Å². The Kier molecular flexibility index (Phi) is 5.20. The fraction of sp³-hybridized carbons (Fsp3) is 0.385. The first-order chi connectivity index (χ1) is 8.17. The van der Waals surface area contributed by atoms with Gasteiger partial charge in [-0.25, -0.2) is 0 Å². The van der Waals surface area contributed by atoms with Gasteiger partial charge in [0.1, 0.15) is 7.11 Å². The van der Waals surface area contributed by atoms with Gasteiger partial charge in [0.05, 0.1) is 19.2 Å². The summed E-state index contributed by atoms with van der Waals surface area (Å²) in [5.74, 6) is -0.312. The maximum absolute atomic E-state index is 11.3. The van der Waals surface area contributed by atoms with Gasteiger partial charge >= 0.3 is 5.97 Å². The standard InChI is InChI=1S/C13H17NO3/c1-10(13(15)16-2)8-11-4-6-12(7-5-11)9-14-17-3/h4-7,9-10H,8H2,1-3H3/b14-9+. The van der Waals surface area contributed by atoms with E-state index in [2.05, 4.69) is 14.7 Å². The number of hydrogen-bond donors (Lipinski definition) is 0. The smallest absolute Gasteiger partial charge is 0.308 e. The number of oxime groups is 1. The maximum atomic E-state index is 11.3. The van der Waals surface area contributed by atoms with Crippen LogP contribution in [0.5, 0.6) is 0 Å². The van der Waals surface area contributed by atoms with E-state index in [1.807, 2.05) is 31.2 Å². The van der Waals surface area contributed by atoms with Crippen molar-refractivity contribution in [2.75, 3.05) is 14.2 Å². The van der Waals surface area contributed by atoms with Gasteiger partial charge in [-0.1, -0.05) is 36.3 Å². The molecule has 1 aromatic rings. The molecule has 1 unspecified atom stereocenters. The predicted molar refractivity (Wildman–Crippen MR) is 65.9 cm³/mol. The minimum absolute atomic E-state index is 0.126. The molecule has 0 aromatic heterocycles. The van der Waals surface area contributed by atoms with Crippen LogP contribution in [0, 0.1) is 5.92 Å². The number of nitrogens with zero attached hydrogens (tertiary/aromatic N) is 1. The minimum Gasteiger partial charge on any atom is -0.469 e. The van der Waals surface area contributed by atoms with E-state index < -0.39 is 0 Å². The molecule has 4 heteroatoms. The molecule has 92 valence electrons. The average molecular weight is 235 g/mol. The van der Waals surface area contributed by atoms with Crippen LogP contribution in [0.2, 0.25) is 0 Å². The van der Waals surface area contributed by atoms with Crippen LogP contribution in [0.1, 0.15) is 18.1 Å². The molecule has 1 atom stereocenters. The van der Waals surface area contributed by atoms with E-state index in [0.29, 0.717) is 6.42 Å². The summed E-state index contributed by atoms with van der Waals surface area (Å²) in [6.07, 6.45) is 2.31. The Hall–Kier alpha value is -1.84. The monoisotopic (exact) mass is 235 g/mol. The van der Waals surface area contributed by atoms with Crippen LogP contribution in [0.4, 0.5) is 0 Å². The Balaban J connectivity index is 2.62. The Labute approximate surface area is 101 Å². The van der Waals surface area contributed by atoms with E-state index in [-0.39, 0.29) is 11.9 Å². The molecule has 1 aromatic carbocycles. The highest BCUT2D eigenvalue weighted by Gasteiger charge is 2.13. The highest BCUT2D eigenvalue weighted by Crippen LogP contribution is 2.10. The molecule has 0 radical (unpaired) electrons. The molecule has 0 aliphatic heterocycles. The SMILES string of the molecule is CO/N=C/c1ccc(CC(C)C(=O)OC)cc1. The van der Waals surface area contributed by atoms with Gasteiger partial charge in [-0.3, -0.25) is 4.79 Å². The second-order valence-electron chi connectivity index (χ2n) is 3.79. The molecule has 0 N–H and O–H groups in total. The van der Waals surface area contributed by atoms with Crippen LogP contribution >= 0.6 is 0 Å². The van der Waals surface area contributed by atoms with E-state index in [0.717, 1.165) is 11.1 Å². The second kappa shape index (κ2) is 6.68. The molecule has 0 saturated heterocycles. The van der Waals surface area contributed by atoms with Gasteiger partial charge in [-0.15, -0.1) is 0 Å². The summed E-state index contributed by atoms with van der Waals surface area (Å²) in [5, 5.41) is 3.68. The summed E-state index contributed by atoms with van der Waals surface area (Å²) in [7, 11) is 2.91. The number of benzene rings is 1. The molecular formula is C13H17NO3. The van der Waals surface area contributed by atoms with Crippen molar-refractivity contribution in [2.24, 2.45) is 11.1 Å². The summed E-state index contributed by atoms with van der Waals surface area (Å²) in [4.78, 5) is 15.9. The highest BCUT2D eigenvalue weighted by atomic mass is 16.6. The van der Waals surface area contributed by atoms with Crippen LogP contribution in [-0.4, -0.2) is 26.4 Å². The molecule has 0 fully saturated rings. The van der Waals surface area contributed by atoms with Gasteiger partial charge in [0.2, 0.25) is 0 Å². The van der Waals surface area contributed by atoms with E-state index >= 15 is 0 Å².